The summed E-state index contributed by atoms with van der Waals surface area (Å²) >= 11 is 0. The molecule has 0 N–H and O–H groups in total. The molecular weight excluding hydrogens is 338 g/mol. The molecule has 0 bridgehead atoms. The van der Waals surface area contributed by atoms with Crippen LogP contribution in [-0.2, 0) is 4.79 Å². The highest BCUT2D eigenvalue weighted by Crippen LogP contribution is 2.32. The van der Waals surface area contributed by atoms with Crippen LogP contribution in [-0.4, -0.2) is 72.5 Å². The summed E-state index contributed by atoms with van der Waals surface area (Å²) in [6, 6.07) is 3.90. The highest BCUT2D eigenvalue weighted by Gasteiger charge is 2.42. The number of likely N-dealkylation sites (N-methyl/N-ethyl adjacent to an activating group) is 1. The summed E-state index contributed by atoms with van der Waals surface area (Å²) in [7, 11) is 2.26. The molecule has 150 valence electrons. The lowest BCUT2D eigenvalue weighted by molar-refractivity contribution is -0.139. The second-order valence-corrected chi connectivity index (χ2v) is 8.14. The second kappa shape index (κ2) is 9.07. The van der Waals surface area contributed by atoms with Crippen molar-refractivity contribution in [3.05, 3.63) is 30.2 Å². The molecule has 5 nitrogen and oxygen atoms in total. The van der Waals surface area contributed by atoms with Gasteiger partial charge in [-0.1, -0.05) is 19.9 Å². The van der Waals surface area contributed by atoms with E-state index in [1.54, 1.807) is 6.26 Å². The van der Waals surface area contributed by atoms with E-state index in [0.717, 1.165) is 70.7 Å². The van der Waals surface area contributed by atoms with E-state index < -0.39 is 0 Å². The lowest BCUT2D eigenvalue weighted by Gasteiger charge is -2.53. The van der Waals surface area contributed by atoms with Crippen LogP contribution in [0.2, 0.25) is 0 Å². The highest BCUT2D eigenvalue weighted by atomic mass is 16.3. The maximum atomic E-state index is 12.7. The Hall–Kier alpha value is -1.59. The molecule has 2 fully saturated rings. The third kappa shape index (κ3) is 4.64. The van der Waals surface area contributed by atoms with Crippen LogP contribution < -0.4 is 0 Å². The molecule has 1 aromatic heterocycles. The van der Waals surface area contributed by atoms with Crippen LogP contribution in [0, 0.1) is 5.92 Å². The smallest absolute Gasteiger partial charge is 0.225 e. The van der Waals surface area contributed by atoms with Gasteiger partial charge >= 0.3 is 0 Å². The quantitative estimate of drug-likeness (QED) is 0.767. The first-order valence-corrected chi connectivity index (χ1v) is 10.5. The number of carbonyl (C=O) groups excluding carboxylic acids is 1. The normalized spacial score (nSPS) is 21.6. The van der Waals surface area contributed by atoms with Gasteiger partial charge in [-0.05, 0) is 50.9 Å². The maximum Gasteiger partial charge on any atom is 0.225 e. The van der Waals surface area contributed by atoms with Crippen LogP contribution in [0.3, 0.4) is 0 Å². The van der Waals surface area contributed by atoms with Crippen molar-refractivity contribution in [3.63, 3.8) is 0 Å². The SMILES string of the molecule is CCC(CC)C(=O)N1CCC2(CC1)CN(CC=Cc1ccco1)CCN2C. The van der Waals surface area contributed by atoms with Crippen molar-refractivity contribution in [1.82, 2.24) is 14.7 Å². The number of furan rings is 1. The van der Waals surface area contributed by atoms with Gasteiger partial charge in [0.15, 0.2) is 0 Å². The van der Waals surface area contributed by atoms with Crippen LogP contribution in [0.5, 0.6) is 0 Å². The third-order valence-electron chi connectivity index (χ3n) is 6.61. The fourth-order valence-electron chi connectivity index (χ4n) is 4.58. The summed E-state index contributed by atoms with van der Waals surface area (Å²) in [5.74, 6) is 1.48. The molecule has 2 saturated heterocycles. The highest BCUT2D eigenvalue weighted by molar-refractivity contribution is 5.78. The van der Waals surface area contributed by atoms with Crippen molar-refractivity contribution in [2.45, 2.75) is 45.1 Å². The van der Waals surface area contributed by atoms with Crippen molar-refractivity contribution in [1.29, 1.82) is 0 Å². The van der Waals surface area contributed by atoms with Gasteiger partial charge in [0, 0.05) is 50.7 Å². The minimum absolute atomic E-state index is 0.200. The summed E-state index contributed by atoms with van der Waals surface area (Å²) in [6.07, 6.45) is 10.0. The van der Waals surface area contributed by atoms with Gasteiger partial charge in [0.2, 0.25) is 5.91 Å². The second-order valence-electron chi connectivity index (χ2n) is 8.14. The minimum atomic E-state index is 0.200. The van der Waals surface area contributed by atoms with Crippen LogP contribution in [0.25, 0.3) is 6.08 Å². The zero-order valence-electron chi connectivity index (χ0n) is 17.2. The van der Waals surface area contributed by atoms with Gasteiger partial charge in [-0.15, -0.1) is 0 Å². The topological polar surface area (TPSA) is 39.9 Å². The van der Waals surface area contributed by atoms with Crippen molar-refractivity contribution >= 4 is 12.0 Å². The fraction of sp³-hybridized carbons (Fsp3) is 0.682. The fourth-order valence-corrected chi connectivity index (χ4v) is 4.58. The van der Waals surface area contributed by atoms with E-state index in [0.29, 0.717) is 5.91 Å². The summed E-state index contributed by atoms with van der Waals surface area (Å²) < 4.78 is 5.37. The summed E-state index contributed by atoms with van der Waals surface area (Å²) in [5, 5.41) is 0. The van der Waals surface area contributed by atoms with Gasteiger partial charge < -0.3 is 9.32 Å². The van der Waals surface area contributed by atoms with Crippen LogP contribution >= 0.6 is 0 Å². The Labute approximate surface area is 164 Å². The molecule has 27 heavy (non-hydrogen) atoms. The monoisotopic (exact) mass is 373 g/mol. The Morgan fingerprint density at radius 2 is 1.96 bits per heavy atom. The number of piperazine rings is 1. The molecule has 0 atom stereocenters. The number of amides is 1. The molecule has 2 aliphatic rings. The molecule has 0 aromatic carbocycles. The first-order valence-electron chi connectivity index (χ1n) is 10.5. The first kappa shape index (κ1) is 20.2. The van der Waals surface area contributed by atoms with Gasteiger partial charge in [-0.2, -0.15) is 0 Å². The van der Waals surface area contributed by atoms with Crippen molar-refractivity contribution in [2.24, 2.45) is 5.92 Å². The van der Waals surface area contributed by atoms with Crippen LogP contribution in [0.15, 0.2) is 28.9 Å². The largest absolute Gasteiger partial charge is 0.465 e. The zero-order valence-corrected chi connectivity index (χ0v) is 17.2. The molecule has 0 aliphatic carbocycles. The average molecular weight is 374 g/mol. The molecule has 2 aliphatic heterocycles. The number of likely N-dealkylation sites (tertiary alicyclic amines) is 1. The summed E-state index contributed by atoms with van der Waals surface area (Å²) in [6.45, 7) is 10.3. The van der Waals surface area contributed by atoms with Crippen molar-refractivity contribution in [2.75, 3.05) is 46.3 Å². The third-order valence-corrected chi connectivity index (χ3v) is 6.61. The van der Waals surface area contributed by atoms with E-state index in [9.17, 15) is 4.79 Å². The Bertz CT molecular complexity index is 614. The zero-order chi connectivity index (χ0) is 19.3. The number of hydrogen-bond acceptors (Lipinski definition) is 4. The number of piperidine rings is 1. The van der Waals surface area contributed by atoms with E-state index in [2.05, 4.69) is 47.7 Å². The first-order chi connectivity index (χ1) is 13.1. The standard InChI is InChI=1S/C22H35N3O2/c1-4-19(5-2)21(26)25-13-10-22(11-14-25)18-24(16-15-23(22)3)12-6-8-20-9-7-17-27-20/h6-9,17,19H,4-5,10-16,18H2,1-3H3. The molecule has 1 amide bonds. The van der Waals surface area contributed by atoms with Crippen LogP contribution in [0.1, 0.15) is 45.3 Å². The van der Waals surface area contributed by atoms with Gasteiger partial charge in [0.25, 0.3) is 0 Å². The summed E-state index contributed by atoms with van der Waals surface area (Å²) in [5.41, 5.74) is 0.210. The van der Waals surface area contributed by atoms with E-state index >= 15 is 0 Å². The van der Waals surface area contributed by atoms with Crippen molar-refractivity contribution < 1.29 is 9.21 Å². The van der Waals surface area contributed by atoms with Crippen molar-refractivity contribution in [3.8, 4) is 0 Å². The average Bonchev–Trinajstić information content (AvgIpc) is 3.20. The molecule has 5 heteroatoms. The lowest BCUT2D eigenvalue weighted by atomic mass is 9.83. The van der Waals surface area contributed by atoms with Gasteiger partial charge in [0.1, 0.15) is 5.76 Å². The Morgan fingerprint density at radius 1 is 1.22 bits per heavy atom. The predicted molar refractivity (Wildman–Crippen MR) is 109 cm³/mol. The Morgan fingerprint density at radius 3 is 2.59 bits per heavy atom. The molecule has 0 radical (unpaired) electrons. The molecule has 0 saturated carbocycles. The number of hydrogen-bond donors (Lipinski definition) is 0. The molecule has 0 unspecified atom stereocenters. The molecular formula is C22H35N3O2. The van der Waals surface area contributed by atoms with E-state index in [1.165, 1.54) is 0 Å². The number of carbonyl (C=O) groups is 1. The number of nitrogens with zero attached hydrogens (tertiary/aromatic N) is 3. The maximum absolute atomic E-state index is 12.7. The van der Waals surface area contributed by atoms with E-state index in [-0.39, 0.29) is 11.5 Å². The minimum Gasteiger partial charge on any atom is -0.465 e. The molecule has 3 heterocycles. The van der Waals surface area contributed by atoms with Gasteiger partial charge in [-0.25, -0.2) is 0 Å². The Kier molecular flexibility index (Phi) is 6.77. The van der Waals surface area contributed by atoms with Gasteiger partial charge in [0.05, 0.1) is 6.26 Å². The van der Waals surface area contributed by atoms with E-state index in [4.69, 9.17) is 4.42 Å². The predicted octanol–water partition coefficient (Wildman–Crippen LogP) is 3.34. The molecule has 1 spiro atoms. The van der Waals surface area contributed by atoms with Crippen LogP contribution in [0.4, 0.5) is 0 Å². The molecule has 3 rings (SSSR count). The van der Waals surface area contributed by atoms with Gasteiger partial charge in [-0.3, -0.25) is 14.6 Å². The summed E-state index contributed by atoms with van der Waals surface area (Å²) in [4.78, 5) is 19.9. The van der Waals surface area contributed by atoms with E-state index in [1.807, 2.05) is 12.1 Å². The molecule has 1 aromatic rings. The Balaban J connectivity index is 1.56. The lowest BCUT2D eigenvalue weighted by Crippen LogP contribution is -2.64. The number of rotatable bonds is 6.